The van der Waals surface area contributed by atoms with Crippen molar-refractivity contribution >= 4 is 27.6 Å². The number of anilines is 1. The van der Waals surface area contributed by atoms with Gasteiger partial charge in [-0.3, -0.25) is 0 Å². The van der Waals surface area contributed by atoms with E-state index in [0.29, 0.717) is 0 Å². The van der Waals surface area contributed by atoms with Gasteiger partial charge < -0.3 is 15.6 Å². The number of carboxylic acids is 1. The molecule has 20 heavy (non-hydrogen) atoms. The molecule has 0 amide bonds. The molecule has 0 saturated carbocycles. The van der Waals surface area contributed by atoms with Crippen molar-refractivity contribution in [3.8, 4) is 11.6 Å². The molecule has 8 heteroatoms. The Morgan fingerprint density at radius 3 is 2.70 bits per heavy atom. The molecular formula is C12H7BrF2N2O3. The lowest BCUT2D eigenvalue weighted by atomic mass is 10.2. The maximum absolute atomic E-state index is 13.5. The number of nitrogens with zero attached hydrogens (tertiary/aromatic N) is 1. The monoisotopic (exact) mass is 344 g/mol. The van der Waals surface area contributed by atoms with Gasteiger partial charge in [0.25, 0.3) is 0 Å². The molecule has 5 nitrogen and oxygen atoms in total. The summed E-state index contributed by atoms with van der Waals surface area (Å²) in [6.07, 6.45) is 1.06. The molecule has 0 spiro atoms. The van der Waals surface area contributed by atoms with Crippen molar-refractivity contribution in [3.63, 3.8) is 0 Å². The third-order valence-corrected chi connectivity index (χ3v) is 2.77. The van der Waals surface area contributed by atoms with Gasteiger partial charge in [-0.1, -0.05) is 15.9 Å². The summed E-state index contributed by atoms with van der Waals surface area (Å²) in [6, 6.07) is 3.15. The van der Waals surface area contributed by atoms with Gasteiger partial charge >= 0.3 is 5.97 Å². The number of hydrogen-bond donors (Lipinski definition) is 2. The SMILES string of the molecule is Nc1cnc(Oc2cc(Br)cc(F)c2F)cc1C(=O)O. The quantitative estimate of drug-likeness (QED) is 0.835. The third-order valence-electron chi connectivity index (χ3n) is 2.31. The maximum Gasteiger partial charge on any atom is 0.338 e. The summed E-state index contributed by atoms with van der Waals surface area (Å²) < 4.78 is 32.0. The lowest BCUT2D eigenvalue weighted by Gasteiger charge is -2.08. The summed E-state index contributed by atoms with van der Waals surface area (Å²) in [5, 5.41) is 8.89. The smallest absolute Gasteiger partial charge is 0.338 e. The van der Waals surface area contributed by atoms with Crippen molar-refractivity contribution in [1.29, 1.82) is 0 Å². The van der Waals surface area contributed by atoms with Crippen LogP contribution in [0.2, 0.25) is 0 Å². The summed E-state index contributed by atoms with van der Waals surface area (Å²) in [4.78, 5) is 14.6. The molecule has 0 atom stereocenters. The van der Waals surface area contributed by atoms with E-state index in [9.17, 15) is 13.6 Å². The Morgan fingerprint density at radius 2 is 2.05 bits per heavy atom. The van der Waals surface area contributed by atoms with E-state index >= 15 is 0 Å². The van der Waals surface area contributed by atoms with Crippen molar-refractivity contribution < 1.29 is 23.4 Å². The van der Waals surface area contributed by atoms with Crippen LogP contribution in [0.3, 0.4) is 0 Å². The lowest BCUT2D eigenvalue weighted by Crippen LogP contribution is -2.04. The van der Waals surface area contributed by atoms with Gasteiger partial charge in [0, 0.05) is 10.5 Å². The van der Waals surface area contributed by atoms with Crippen LogP contribution in [0.15, 0.2) is 28.9 Å². The fourth-order valence-electron chi connectivity index (χ4n) is 1.41. The van der Waals surface area contributed by atoms with E-state index in [0.717, 1.165) is 18.3 Å². The average Bonchev–Trinajstić information content (AvgIpc) is 2.37. The Hall–Kier alpha value is -2.22. The standard InChI is InChI=1S/C12H7BrF2N2O3/c13-5-1-7(14)11(15)9(2-5)20-10-3-6(12(18)19)8(16)4-17-10/h1-4H,16H2,(H,18,19). The van der Waals surface area contributed by atoms with Crippen LogP contribution in [0.5, 0.6) is 11.6 Å². The number of ether oxygens (including phenoxy) is 1. The Bertz CT molecular complexity index is 695. The van der Waals surface area contributed by atoms with Crippen LogP contribution in [-0.4, -0.2) is 16.1 Å². The molecule has 1 aromatic carbocycles. The van der Waals surface area contributed by atoms with Gasteiger partial charge in [0.05, 0.1) is 17.4 Å². The van der Waals surface area contributed by atoms with E-state index < -0.39 is 23.4 Å². The van der Waals surface area contributed by atoms with Gasteiger partial charge in [-0.2, -0.15) is 4.39 Å². The second-order valence-electron chi connectivity index (χ2n) is 3.72. The number of nitrogen functional groups attached to an aromatic ring is 1. The summed E-state index contributed by atoms with van der Waals surface area (Å²) in [5.41, 5.74) is 5.11. The zero-order valence-electron chi connectivity index (χ0n) is 9.73. The van der Waals surface area contributed by atoms with Gasteiger partial charge in [-0.15, -0.1) is 0 Å². The number of carboxylic acid groups (broad SMARTS) is 1. The predicted octanol–water partition coefficient (Wildman–Crippen LogP) is 3.20. The highest BCUT2D eigenvalue weighted by Gasteiger charge is 2.15. The van der Waals surface area contributed by atoms with E-state index in [2.05, 4.69) is 20.9 Å². The largest absolute Gasteiger partial charge is 0.478 e. The van der Waals surface area contributed by atoms with E-state index in [1.807, 2.05) is 0 Å². The summed E-state index contributed by atoms with van der Waals surface area (Å²) >= 11 is 2.99. The van der Waals surface area contributed by atoms with E-state index in [-0.39, 0.29) is 21.6 Å². The molecule has 3 N–H and O–H groups in total. The molecule has 0 saturated heterocycles. The zero-order chi connectivity index (χ0) is 14.9. The van der Waals surface area contributed by atoms with Crippen LogP contribution < -0.4 is 10.5 Å². The Labute approximate surface area is 120 Å². The molecule has 0 aliphatic heterocycles. The second-order valence-corrected chi connectivity index (χ2v) is 4.63. The highest BCUT2D eigenvalue weighted by molar-refractivity contribution is 9.10. The van der Waals surface area contributed by atoms with E-state index in [4.69, 9.17) is 15.6 Å². The number of carbonyl (C=O) groups is 1. The minimum Gasteiger partial charge on any atom is -0.478 e. The maximum atomic E-state index is 13.5. The Balaban J connectivity index is 2.40. The molecule has 2 rings (SSSR count). The van der Waals surface area contributed by atoms with Crippen LogP contribution in [0.25, 0.3) is 0 Å². The molecule has 0 aliphatic rings. The van der Waals surface area contributed by atoms with Crippen LogP contribution in [0.4, 0.5) is 14.5 Å². The van der Waals surface area contributed by atoms with Crippen molar-refractivity contribution in [3.05, 3.63) is 46.1 Å². The number of benzene rings is 1. The Morgan fingerprint density at radius 1 is 1.35 bits per heavy atom. The highest BCUT2D eigenvalue weighted by Crippen LogP contribution is 2.29. The zero-order valence-corrected chi connectivity index (χ0v) is 11.3. The predicted molar refractivity (Wildman–Crippen MR) is 69.7 cm³/mol. The number of aromatic carboxylic acids is 1. The summed E-state index contributed by atoms with van der Waals surface area (Å²) in [7, 11) is 0. The van der Waals surface area contributed by atoms with Crippen LogP contribution in [0.1, 0.15) is 10.4 Å². The third kappa shape index (κ3) is 2.85. The van der Waals surface area contributed by atoms with Crippen LogP contribution in [-0.2, 0) is 0 Å². The minimum atomic E-state index is -1.28. The average molecular weight is 345 g/mol. The minimum absolute atomic E-state index is 0.0641. The number of nitrogens with two attached hydrogens (primary N) is 1. The van der Waals surface area contributed by atoms with Gasteiger partial charge in [0.2, 0.25) is 11.7 Å². The molecule has 0 radical (unpaired) electrons. The van der Waals surface area contributed by atoms with Crippen molar-refractivity contribution in [2.75, 3.05) is 5.73 Å². The molecule has 2 aromatic rings. The van der Waals surface area contributed by atoms with Crippen LogP contribution >= 0.6 is 15.9 Å². The first kappa shape index (κ1) is 14.2. The Kier molecular flexibility index (Phi) is 3.84. The number of hydrogen-bond acceptors (Lipinski definition) is 4. The lowest BCUT2D eigenvalue weighted by molar-refractivity contribution is 0.0697. The molecule has 0 unspecified atom stereocenters. The van der Waals surface area contributed by atoms with Gasteiger partial charge in [-0.25, -0.2) is 14.2 Å². The van der Waals surface area contributed by atoms with Gasteiger partial charge in [-0.05, 0) is 12.1 Å². The van der Waals surface area contributed by atoms with Gasteiger partial charge in [0.1, 0.15) is 0 Å². The molecule has 0 bridgehead atoms. The fraction of sp³-hybridized carbons (Fsp3) is 0. The van der Waals surface area contributed by atoms with Crippen molar-refractivity contribution in [2.45, 2.75) is 0 Å². The molecule has 0 fully saturated rings. The van der Waals surface area contributed by atoms with Crippen LogP contribution in [0, 0.1) is 11.6 Å². The first-order chi connectivity index (χ1) is 9.38. The van der Waals surface area contributed by atoms with E-state index in [1.165, 1.54) is 6.07 Å². The van der Waals surface area contributed by atoms with Gasteiger partial charge in [0.15, 0.2) is 11.6 Å². The first-order valence-electron chi connectivity index (χ1n) is 5.19. The number of rotatable bonds is 3. The molecule has 1 aromatic heterocycles. The fourth-order valence-corrected chi connectivity index (χ4v) is 1.82. The van der Waals surface area contributed by atoms with E-state index in [1.54, 1.807) is 0 Å². The number of pyridine rings is 1. The second kappa shape index (κ2) is 5.41. The van der Waals surface area contributed by atoms with Crippen molar-refractivity contribution in [1.82, 2.24) is 4.98 Å². The molecular weight excluding hydrogens is 338 g/mol. The molecule has 104 valence electrons. The topological polar surface area (TPSA) is 85.4 Å². The van der Waals surface area contributed by atoms with Crippen molar-refractivity contribution in [2.24, 2.45) is 0 Å². The summed E-state index contributed by atoms with van der Waals surface area (Å²) in [5.74, 6) is -4.24. The highest BCUT2D eigenvalue weighted by atomic mass is 79.9. The normalized spacial score (nSPS) is 10.3. The summed E-state index contributed by atoms with van der Waals surface area (Å²) in [6.45, 7) is 0. The first-order valence-corrected chi connectivity index (χ1v) is 5.99. The molecule has 0 aliphatic carbocycles. The number of aromatic nitrogens is 1. The number of halogens is 3. The molecule has 1 heterocycles.